The molecule has 0 aliphatic carbocycles. The predicted octanol–water partition coefficient (Wildman–Crippen LogP) is 3.33. The highest BCUT2D eigenvalue weighted by Crippen LogP contribution is 2.28. The number of nitrogens with zero attached hydrogens (tertiary/aromatic N) is 3. The van der Waals surface area contributed by atoms with Gasteiger partial charge in [0.2, 0.25) is 0 Å². The summed E-state index contributed by atoms with van der Waals surface area (Å²) in [5.74, 6) is 2.60. The molecule has 1 aromatic heterocycles. The summed E-state index contributed by atoms with van der Waals surface area (Å²) in [5.41, 5.74) is 1.35. The van der Waals surface area contributed by atoms with E-state index in [0.717, 1.165) is 16.6 Å². The lowest BCUT2D eigenvalue weighted by Crippen LogP contribution is -2.24. The van der Waals surface area contributed by atoms with Gasteiger partial charge in [0, 0.05) is 5.56 Å². The first-order valence-corrected chi connectivity index (χ1v) is 9.79. The summed E-state index contributed by atoms with van der Waals surface area (Å²) in [4.78, 5) is 12.5. The molecule has 2 aromatic carbocycles. The third kappa shape index (κ3) is 4.28. The standard InChI is InChI=1S/C20H22N4O3S/c1-4-28-20-23-22-18(24(20)16-10-5-6-11-17(16)27-3)13-21-19(25)14-8-7-9-15(12-14)26-2/h5-12H,4,13H2,1-3H3,(H,21,25). The highest BCUT2D eigenvalue weighted by molar-refractivity contribution is 7.99. The maximum atomic E-state index is 12.5. The highest BCUT2D eigenvalue weighted by Gasteiger charge is 2.18. The number of amides is 1. The third-order valence-corrected chi connectivity index (χ3v) is 4.85. The van der Waals surface area contributed by atoms with Gasteiger partial charge < -0.3 is 14.8 Å². The molecule has 146 valence electrons. The topological polar surface area (TPSA) is 78.3 Å². The lowest BCUT2D eigenvalue weighted by molar-refractivity contribution is 0.0949. The number of thioether (sulfide) groups is 1. The molecule has 0 bridgehead atoms. The summed E-state index contributed by atoms with van der Waals surface area (Å²) < 4.78 is 12.6. The van der Waals surface area contributed by atoms with Gasteiger partial charge in [-0.25, -0.2) is 0 Å². The van der Waals surface area contributed by atoms with E-state index < -0.39 is 0 Å². The van der Waals surface area contributed by atoms with Crippen LogP contribution in [0.25, 0.3) is 5.69 Å². The van der Waals surface area contributed by atoms with Gasteiger partial charge in [0.15, 0.2) is 11.0 Å². The van der Waals surface area contributed by atoms with Crippen LogP contribution in [0.3, 0.4) is 0 Å². The number of methoxy groups -OCH3 is 2. The predicted molar refractivity (Wildman–Crippen MR) is 108 cm³/mol. The molecule has 1 N–H and O–H groups in total. The Hall–Kier alpha value is -3.00. The highest BCUT2D eigenvalue weighted by atomic mass is 32.2. The number of carbonyl (C=O) groups excluding carboxylic acids is 1. The smallest absolute Gasteiger partial charge is 0.251 e. The molecular weight excluding hydrogens is 376 g/mol. The van der Waals surface area contributed by atoms with Gasteiger partial charge in [0.05, 0.1) is 26.5 Å². The van der Waals surface area contributed by atoms with Crippen molar-refractivity contribution in [1.29, 1.82) is 0 Å². The van der Waals surface area contributed by atoms with Gasteiger partial charge in [-0.2, -0.15) is 0 Å². The van der Waals surface area contributed by atoms with Crippen molar-refractivity contribution in [2.75, 3.05) is 20.0 Å². The molecule has 0 unspecified atom stereocenters. The molecule has 0 aliphatic heterocycles. The van der Waals surface area contributed by atoms with Crippen molar-refractivity contribution in [3.8, 4) is 17.2 Å². The van der Waals surface area contributed by atoms with Crippen LogP contribution in [0.4, 0.5) is 0 Å². The minimum Gasteiger partial charge on any atom is -0.497 e. The summed E-state index contributed by atoms with van der Waals surface area (Å²) >= 11 is 1.58. The van der Waals surface area contributed by atoms with E-state index in [4.69, 9.17) is 9.47 Å². The van der Waals surface area contributed by atoms with Gasteiger partial charge in [0.25, 0.3) is 5.91 Å². The van der Waals surface area contributed by atoms with Gasteiger partial charge in [-0.3, -0.25) is 9.36 Å². The Bertz CT molecular complexity index is 958. The largest absolute Gasteiger partial charge is 0.497 e. The zero-order valence-electron chi connectivity index (χ0n) is 16.0. The van der Waals surface area contributed by atoms with E-state index in [1.165, 1.54) is 0 Å². The second kappa shape index (κ2) is 9.27. The number of rotatable bonds is 8. The Morgan fingerprint density at radius 2 is 1.93 bits per heavy atom. The summed E-state index contributed by atoms with van der Waals surface area (Å²) in [6.45, 7) is 2.28. The number of nitrogens with one attached hydrogen (secondary N) is 1. The van der Waals surface area contributed by atoms with Crippen molar-refractivity contribution >= 4 is 17.7 Å². The zero-order valence-corrected chi connectivity index (χ0v) is 16.8. The molecule has 3 rings (SSSR count). The second-order valence-electron chi connectivity index (χ2n) is 5.75. The monoisotopic (exact) mass is 398 g/mol. The average Bonchev–Trinajstić information content (AvgIpc) is 3.14. The summed E-state index contributed by atoms with van der Waals surface area (Å²) in [6, 6.07) is 14.7. The molecule has 8 heteroatoms. The molecule has 0 radical (unpaired) electrons. The van der Waals surface area contributed by atoms with Crippen molar-refractivity contribution in [2.45, 2.75) is 18.6 Å². The number of para-hydroxylation sites is 2. The molecule has 1 amide bonds. The zero-order chi connectivity index (χ0) is 19.9. The first kappa shape index (κ1) is 19.8. The van der Waals surface area contributed by atoms with Gasteiger partial charge in [-0.1, -0.05) is 36.9 Å². The number of hydrogen-bond donors (Lipinski definition) is 1. The molecule has 28 heavy (non-hydrogen) atoms. The van der Waals surface area contributed by atoms with Gasteiger partial charge in [-0.05, 0) is 36.1 Å². The quantitative estimate of drug-likeness (QED) is 0.587. The number of carbonyl (C=O) groups is 1. The number of hydrogen-bond acceptors (Lipinski definition) is 6. The summed E-state index contributed by atoms with van der Waals surface area (Å²) in [5, 5.41) is 12.2. The van der Waals surface area contributed by atoms with Crippen LogP contribution in [0.1, 0.15) is 23.1 Å². The molecule has 0 fully saturated rings. The lowest BCUT2D eigenvalue weighted by Gasteiger charge is -2.14. The van der Waals surface area contributed by atoms with Crippen molar-refractivity contribution in [2.24, 2.45) is 0 Å². The summed E-state index contributed by atoms with van der Waals surface area (Å²) in [7, 11) is 3.19. The molecule has 1 heterocycles. The van der Waals surface area contributed by atoms with E-state index in [0.29, 0.717) is 22.9 Å². The van der Waals surface area contributed by atoms with E-state index in [2.05, 4.69) is 22.4 Å². The van der Waals surface area contributed by atoms with E-state index in [9.17, 15) is 4.79 Å². The van der Waals surface area contributed by atoms with Crippen molar-refractivity contribution < 1.29 is 14.3 Å². The minimum atomic E-state index is -0.210. The number of ether oxygens (including phenoxy) is 2. The summed E-state index contributed by atoms with van der Waals surface area (Å²) in [6.07, 6.45) is 0. The van der Waals surface area contributed by atoms with Crippen LogP contribution in [-0.2, 0) is 6.54 Å². The third-order valence-electron chi connectivity index (χ3n) is 4.04. The van der Waals surface area contributed by atoms with Gasteiger partial charge in [0.1, 0.15) is 11.5 Å². The Morgan fingerprint density at radius 3 is 2.68 bits per heavy atom. The molecule has 0 saturated heterocycles. The molecule has 0 atom stereocenters. The number of benzene rings is 2. The first-order valence-electron chi connectivity index (χ1n) is 8.80. The normalized spacial score (nSPS) is 10.5. The minimum absolute atomic E-state index is 0.210. The average molecular weight is 398 g/mol. The number of aromatic nitrogens is 3. The van der Waals surface area contributed by atoms with E-state index in [1.54, 1.807) is 50.2 Å². The molecular formula is C20H22N4O3S. The van der Waals surface area contributed by atoms with Crippen LogP contribution in [0, 0.1) is 0 Å². The van der Waals surface area contributed by atoms with Crippen LogP contribution < -0.4 is 14.8 Å². The van der Waals surface area contributed by atoms with Crippen LogP contribution in [-0.4, -0.2) is 40.6 Å². The Morgan fingerprint density at radius 1 is 1.11 bits per heavy atom. The van der Waals surface area contributed by atoms with Gasteiger partial charge >= 0.3 is 0 Å². The van der Waals surface area contributed by atoms with E-state index >= 15 is 0 Å². The van der Waals surface area contributed by atoms with Crippen molar-refractivity contribution in [1.82, 2.24) is 20.1 Å². The Labute approximate surface area is 168 Å². The van der Waals surface area contributed by atoms with Crippen LogP contribution in [0.5, 0.6) is 11.5 Å². The van der Waals surface area contributed by atoms with Gasteiger partial charge in [-0.15, -0.1) is 10.2 Å². The molecule has 0 saturated carbocycles. The SMILES string of the molecule is CCSc1nnc(CNC(=O)c2cccc(OC)c2)n1-c1ccccc1OC. The molecule has 3 aromatic rings. The molecule has 0 spiro atoms. The fraction of sp³-hybridized carbons (Fsp3) is 0.250. The maximum Gasteiger partial charge on any atom is 0.251 e. The molecule has 7 nitrogen and oxygen atoms in total. The van der Waals surface area contributed by atoms with Crippen molar-refractivity contribution in [3.63, 3.8) is 0 Å². The lowest BCUT2D eigenvalue weighted by atomic mass is 10.2. The maximum absolute atomic E-state index is 12.5. The van der Waals surface area contributed by atoms with E-state index in [1.807, 2.05) is 28.8 Å². The van der Waals surface area contributed by atoms with Crippen molar-refractivity contribution in [3.05, 3.63) is 59.9 Å². The van der Waals surface area contributed by atoms with Crippen LogP contribution in [0.2, 0.25) is 0 Å². The van der Waals surface area contributed by atoms with Crippen LogP contribution in [0.15, 0.2) is 53.7 Å². The Balaban J connectivity index is 1.87. The first-order chi connectivity index (χ1) is 13.7. The van der Waals surface area contributed by atoms with Crippen LogP contribution >= 0.6 is 11.8 Å². The fourth-order valence-electron chi connectivity index (χ4n) is 2.72. The van der Waals surface area contributed by atoms with E-state index in [-0.39, 0.29) is 12.5 Å². The molecule has 0 aliphatic rings. The fourth-order valence-corrected chi connectivity index (χ4v) is 3.41. The Kier molecular flexibility index (Phi) is 6.54. The second-order valence-corrected chi connectivity index (χ2v) is 6.98.